The van der Waals surface area contributed by atoms with Crippen LogP contribution in [-0.2, 0) is 15.6 Å². The largest absolute Gasteiger partial charge is 0.481 e. The number of nitrogens with one attached hydrogen (secondary N) is 1. The lowest BCUT2D eigenvalue weighted by Gasteiger charge is -2.29. The van der Waals surface area contributed by atoms with Crippen LogP contribution in [0.2, 0.25) is 0 Å². The summed E-state index contributed by atoms with van der Waals surface area (Å²) in [7, 11) is -1.48. The number of ether oxygens (including phenoxy) is 1. The van der Waals surface area contributed by atoms with Crippen LogP contribution in [0.1, 0.15) is 63.4 Å². The zero-order valence-corrected chi connectivity index (χ0v) is 26.8. The minimum Gasteiger partial charge on any atom is -0.481 e. The molecule has 232 valence electrons. The number of amides is 2. The normalized spacial score (nSPS) is 16.4. The van der Waals surface area contributed by atoms with E-state index in [4.69, 9.17) is 16.1 Å². The third kappa shape index (κ3) is 7.41. The summed E-state index contributed by atoms with van der Waals surface area (Å²) in [5.41, 5.74) is 4.21. The Hall–Kier alpha value is -4.53. The Morgan fingerprint density at radius 2 is 2.00 bits per heavy atom. The summed E-state index contributed by atoms with van der Waals surface area (Å²) in [6.45, 7) is 10.7. The topological polar surface area (TPSA) is 117 Å². The number of benzene rings is 1. The smallest absolute Gasteiger partial charge is 0.412 e. The fourth-order valence-electron chi connectivity index (χ4n) is 5.28. The molecule has 2 atom stereocenters. The first-order valence-corrected chi connectivity index (χ1v) is 16.3. The third-order valence-corrected chi connectivity index (χ3v) is 8.93. The standard InChI is InChI=1S/C34H36N6O4S/c1-7-26-19-39(13-14-40(26)32(41)8-2)20-30(28-12-11-25(18-36-28)24-9-10-24)44-29-15-21(3)27(16-31(29)45(6)43)34(42)38-33-22(4)17-35-23(5)37-33/h1,8,11-12,15-18,24,30H,2,9-10,13-14,19-20H2,3-6H3/p+1/t30-,45?/m1/s1. The highest BCUT2D eigenvalue weighted by atomic mass is 32.2. The Morgan fingerprint density at radius 3 is 2.64 bits per heavy atom. The lowest BCUT2D eigenvalue weighted by molar-refractivity contribution is -0.450. The lowest BCUT2D eigenvalue weighted by atomic mass is 10.1. The van der Waals surface area contributed by atoms with E-state index < -0.39 is 16.9 Å². The molecule has 1 aromatic carbocycles. The number of aryl methyl sites for hydroxylation is 3. The van der Waals surface area contributed by atoms with Crippen molar-refractivity contribution >= 4 is 34.1 Å². The van der Waals surface area contributed by atoms with Gasteiger partial charge in [-0.15, -0.1) is 6.42 Å². The molecule has 1 unspecified atom stereocenters. The van der Waals surface area contributed by atoms with Gasteiger partial charge in [0.25, 0.3) is 5.91 Å². The van der Waals surface area contributed by atoms with Crippen LogP contribution in [-0.4, -0.2) is 78.6 Å². The predicted octanol–water partition coefficient (Wildman–Crippen LogP) is 3.90. The molecule has 2 aromatic heterocycles. The summed E-state index contributed by atoms with van der Waals surface area (Å²) in [6.07, 6.45) is 13.9. The number of rotatable bonds is 10. The van der Waals surface area contributed by atoms with Gasteiger partial charge in [0.2, 0.25) is 5.71 Å². The van der Waals surface area contributed by atoms with Gasteiger partial charge in [-0.1, -0.05) is 12.6 Å². The Bertz CT molecular complexity index is 1760. The van der Waals surface area contributed by atoms with Crippen LogP contribution in [0, 0.1) is 33.1 Å². The fraction of sp³-hybridized carbons (Fsp3) is 0.353. The van der Waals surface area contributed by atoms with Crippen molar-refractivity contribution in [2.45, 2.75) is 50.5 Å². The number of terminal acetylenes is 1. The minimum absolute atomic E-state index is 0.229. The molecule has 11 heteroatoms. The molecule has 0 bridgehead atoms. The van der Waals surface area contributed by atoms with Crippen molar-refractivity contribution in [3.05, 3.63) is 83.1 Å². The second kappa shape index (κ2) is 13.6. The van der Waals surface area contributed by atoms with Crippen LogP contribution in [0.4, 0.5) is 5.82 Å². The van der Waals surface area contributed by atoms with E-state index in [0.29, 0.717) is 76.9 Å². The monoisotopic (exact) mass is 625 g/mol. The second-order valence-electron chi connectivity index (χ2n) is 11.4. The minimum atomic E-state index is -1.48. The maximum absolute atomic E-state index is 13.4. The highest BCUT2D eigenvalue weighted by Crippen LogP contribution is 2.40. The molecular formula is C34H37N6O4S+. The molecule has 1 aliphatic heterocycles. The van der Waals surface area contributed by atoms with Gasteiger partial charge in [0, 0.05) is 42.4 Å². The molecule has 1 saturated carbocycles. The third-order valence-electron chi connectivity index (χ3n) is 8.00. The number of carbonyl (C=O) groups excluding carboxylic acids is 2. The van der Waals surface area contributed by atoms with E-state index in [2.05, 4.69) is 38.8 Å². The predicted molar refractivity (Wildman–Crippen MR) is 173 cm³/mol. The van der Waals surface area contributed by atoms with Gasteiger partial charge in [-0.3, -0.25) is 18.9 Å². The van der Waals surface area contributed by atoms with E-state index in [1.54, 1.807) is 36.1 Å². The van der Waals surface area contributed by atoms with Crippen LogP contribution in [0.3, 0.4) is 0 Å². The van der Waals surface area contributed by atoms with Crippen LogP contribution in [0.15, 0.2) is 54.2 Å². The molecular weight excluding hydrogens is 588 g/mol. The molecule has 0 saturated heterocycles. The molecule has 2 aliphatic rings. The highest BCUT2D eigenvalue weighted by molar-refractivity contribution is 7.84. The fourth-order valence-corrected chi connectivity index (χ4v) is 5.96. The molecule has 10 nitrogen and oxygen atoms in total. The van der Waals surface area contributed by atoms with E-state index in [1.807, 2.05) is 26.1 Å². The summed E-state index contributed by atoms with van der Waals surface area (Å²) in [6, 6.07) is 7.43. The van der Waals surface area contributed by atoms with Crippen molar-refractivity contribution in [1.82, 2.24) is 19.9 Å². The second-order valence-corrected chi connectivity index (χ2v) is 12.7. The van der Waals surface area contributed by atoms with Gasteiger partial charge >= 0.3 is 5.91 Å². The SMILES string of the molecule is C#CC1=[N+](C(=O)C=C)CCN(C[C@@H](Oc2cc(C)c(C(=O)Nc3nc(C)ncc3C)cc2S(C)=O)c2ccc(C3CC3)cn2)C1. The molecule has 1 fully saturated rings. The zero-order chi connectivity index (χ0) is 32.2. The van der Waals surface area contributed by atoms with Crippen LogP contribution < -0.4 is 10.1 Å². The van der Waals surface area contributed by atoms with E-state index in [0.717, 1.165) is 5.56 Å². The van der Waals surface area contributed by atoms with Crippen LogP contribution in [0.5, 0.6) is 5.75 Å². The lowest BCUT2D eigenvalue weighted by Crippen LogP contribution is -2.47. The Labute approximate surface area is 266 Å². The highest BCUT2D eigenvalue weighted by Gasteiger charge is 2.32. The Kier molecular flexibility index (Phi) is 9.65. The average Bonchev–Trinajstić information content (AvgIpc) is 3.88. The van der Waals surface area contributed by atoms with Crippen LogP contribution in [0.25, 0.3) is 0 Å². The van der Waals surface area contributed by atoms with E-state index in [1.165, 1.54) is 24.5 Å². The summed E-state index contributed by atoms with van der Waals surface area (Å²) in [5.74, 6) is 3.97. The maximum atomic E-state index is 13.4. The van der Waals surface area contributed by atoms with Gasteiger partial charge in [-0.05, 0) is 74.8 Å². The number of hydrogen-bond donors (Lipinski definition) is 1. The molecule has 45 heavy (non-hydrogen) atoms. The number of pyridine rings is 1. The summed E-state index contributed by atoms with van der Waals surface area (Å²) >= 11 is 0. The van der Waals surface area contributed by atoms with Gasteiger partial charge in [-0.2, -0.15) is 4.58 Å². The average molecular weight is 626 g/mol. The zero-order valence-electron chi connectivity index (χ0n) is 26.0. The van der Waals surface area contributed by atoms with Crippen molar-refractivity contribution in [3.63, 3.8) is 0 Å². The number of hydrogen-bond acceptors (Lipinski definition) is 8. The summed E-state index contributed by atoms with van der Waals surface area (Å²) in [4.78, 5) is 41.5. The van der Waals surface area contributed by atoms with Gasteiger partial charge in [-0.25, -0.2) is 14.8 Å². The maximum Gasteiger partial charge on any atom is 0.412 e. The van der Waals surface area contributed by atoms with Gasteiger partial charge < -0.3 is 10.1 Å². The van der Waals surface area contributed by atoms with Crippen molar-refractivity contribution in [2.24, 2.45) is 0 Å². The van der Waals surface area contributed by atoms with Gasteiger partial charge in [0.15, 0.2) is 12.6 Å². The number of nitrogens with zero attached hydrogens (tertiary/aromatic N) is 5. The molecule has 5 rings (SSSR count). The Balaban J connectivity index is 1.45. The molecule has 2 amide bonds. The van der Waals surface area contributed by atoms with Crippen molar-refractivity contribution < 1.29 is 23.1 Å². The van der Waals surface area contributed by atoms with Crippen LogP contribution >= 0.6 is 0 Å². The molecule has 0 radical (unpaired) electrons. The molecule has 0 spiro atoms. The molecule has 1 aliphatic carbocycles. The van der Waals surface area contributed by atoms with Crippen molar-refractivity contribution in [1.29, 1.82) is 0 Å². The number of aromatic nitrogens is 3. The van der Waals surface area contributed by atoms with Gasteiger partial charge in [0.1, 0.15) is 17.4 Å². The van der Waals surface area contributed by atoms with E-state index >= 15 is 0 Å². The van der Waals surface area contributed by atoms with E-state index in [9.17, 15) is 13.8 Å². The Morgan fingerprint density at radius 1 is 1.22 bits per heavy atom. The first kappa shape index (κ1) is 31.9. The molecule has 1 N–H and O–H groups in total. The number of carbonyl (C=O) groups is 2. The van der Waals surface area contributed by atoms with Crippen molar-refractivity contribution in [3.8, 4) is 18.1 Å². The first-order chi connectivity index (χ1) is 21.6. The summed E-state index contributed by atoms with van der Waals surface area (Å²) < 4.78 is 21.2. The van der Waals surface area contributed by atoms with Crippen molar-refractivity contribution in [2.75, 3.05) is 37.8 Å². The first-order valence-electron chi connectivity index (χ1n) is 14.8. The summed E-state index contributed by atoms with van der Waals surface area (Å²) in [5, 5.41) is 2.86. The quantitative estimate of drug-likeness (QED) is 0.205. The molecule has 3 heterocycles. The molecule has 3 aromatic rings. The van der Waals surface area contributed by atoms with Gasteiger partial charge in [0.05, 0.1) is 34.5 Å². The van der Waals surface area contributed by atoms with E-state index in [-0.39, 0.29) is 11.8 Å². The number of anilines is 1.